The lowest BCUT2D eigenvalue weighted by atomic mass is 10.1. The molecular weight excluding hydrogens is 202 g/mol. The van der Waals surface area contributed by atoms with Gasteiger partial charge in [-0.1, -0.05) is 0 Å². The monoisotopic (exact) mass is 221 g/mol. The Kier molecular flexibility index (Phi) is 3.25. The van der Waals surface area contributed by atoms with Gasteiger partial charge in [0, 0.05) is 23.7 Å². The molecule has 2 rings (SSSR count). The minimum absolute atomic E-state index is 0.569. The number of nitrogens with zero attached hydrogens (tertiary/aromatic N) is 1. The van der Waals surface area contributed by atoms with E-state index in [1.807, 2.05) is 11.8 Å². The first-order chi connectivity index (χ1) is 7.18. The summed E-state index contributed by atoms with van der Waals surface area (Å²) in [4.78, 5) is 3.82. The maximum atomic E-state index is 2.36. The summed E-state index contributed by atoms with van der Waals surface area (Å²) in [6.07, 6.45) is 2.58. The van der Waals surface area contributed by atoms with Crippen LogP contribution in [0.5, 0.6) is 0 Å². The maximum Gasteiger partial charge on any atom is 0.0369 e. The molecule has 0 atom stereocenters. The molecule has 0 saturated heterocycles. The summed E-state index contributed by atoms with van der Waals surface area (Å²) >= 11 is 2.00. The number of rotatable bonds is 2. The average Bonchev–Trinajstić information content (AvgIpc) is 2.27. The summed E-state index contributed by atoms with van der Waals surface area (Å²) in [5, 5.41) is 0. The first-order valence-corrected chi connectivity index (χ1v) is 6.65. The fraction of sp³-hybridized carbons (Fsp3) is 0.538. The van der Waals surface area contributed by atoms with E-state index in [2.05, 4.69) is 44.0 Å². The van der Waals surface area contributed by atoms with Crippen molar-refractivity contribution >= 4 is 17.4 Å². The Labute approximate surface area is 96.9 Å². The quantitative estimate of drug-likeness (QED) is 0.751. The van der Waals surface area contributed by atoms with E-state index in [4.69, 9.17) is 0 Å². The standard InChI is InChI=1S/C13H19NS/c1-10(2)14(3)12-6-7-13-11(9-12)5-4-8-15-13/h6-7,9-10H,4-5,8H2,1-3H3. The van der Waals surface area contributed by atoms with Crippen molar-refractivity contribution in [1.29, 1.82) is 0 Å². The van der Waals surface area contributed by atoms with Gasteiger partial charge >= 0.3 is 0 Å². The molecule has 0 bridgehead atoms. The van der Waals surface area contributed by atoms with Crippen molar-refractivity contribution in [3.8, 4) is 0 Å². The maximum absolute atomic E-state index is 2.36. The molecule has 1 aliphatic heterocycles. The number of benzene rings is 1. The van der Waals surface area contributed by atoms with Gasteiger partial charge in [0.05, 0.1) is 0 Å². The zero-order valence-electron chi connectivity index (χ0n) is 9.79. The third kappa shape index (κ3) is 2.31. The number of thioether (sulfide) groups is 1. The zero-order valence-corrected chi connectivity index (χ0v) is 10.6. The second kappa shape index (κ2) is 4.48. The Hall–Kier alpha value is -0.630. The number of hydrogen-bond acceptors (Lipinski definition) is 2. The van der Waals surface area contributed by atoms with E-state index in [9.17, 15) is 0 Å². The van der Waals surface area contributed by atoms with E-state index in [-0.39, 0.29) is 0 Å². The van der Waals surface area contributed by atoms with Crippen LogP contribution in [0.2, 0.25) is 0 Å². The van der Waals surface area contributed by atoms with Gasteiger partial charge in [-0.3, -0.25) is 0 Å². The third-order valence-corrected chi connectivity index (χ3v) is 4.28. The fourth-order valence-electron chi connectivity index (χ4n) is 1.86. The van der Waals surface area contributed by atoms with Crippen LogP contribution >= 0.6 is 11.8 Å². The lowest BCUT2D eigenvalue weighted by Crippen LogP contribution is -2.25. The highest BCUT2D eigenvalue weighted by molar-refractivity contribution is 7.99. The van der Waals surface area contributed by atoms with Crippen LogP contribution in [-0.4, -0.2) is 18.8 Å². The lowest BCUT2D eigenvalue weighted by molar-refractivity contribution is 0.752. The van der Waals surface area contributed by atoms with Crippen LogP contribution in [0.4, 0.5) is 5.69 Å². The van der Waals surface area contributed by atoms with Crippen LogP contribution in [0, 0.1) is 0 Å². The number of hydrogen-bond donors (Lipinski definition) is 0. The van der Waals surface area contributed by atoms with Crippen LogP contribution in [0.25, 0.3) is 0 Å². The number of anilines is 1. The highest BCUT2D eigenvalue weighted by Gasteiger charge is 2.12. The van der Waals surface area contributed by atoms with E-state index < -0.39 is 0 Å². The van der Waals surface area contributed by atoms with Crippen molar-refractivity contribution < 1.29 is 0 Å². The molecule has 0 amide bonds. The van der Waals surface area contributed by atoms with Crippen LogP contribution in [-0.2, 0) is 6.42 Å². The first kappa shape index (κ1) is 10.9. The molecule has 2 heteroatoms. The minimum Gasteiger partial charge on any atom is -0.372 e. The molecule has 0 N–H and O–H groups in total. The van der Waals surface area contributed by atoms with Gasteiger partial charge < -0.3 is 4.90 Å². The zero-order chi connectivity index (χ0) is 10.8. The van der Waals surface area contributed by atoms with Gasteiger partial charge in [0.15, 0.2) is 0 Å². The van der Waals surface area contributed by atoms with Gasteiger partial charge in [-0.15, -0.1) is 11.8 Å². The summed E-state index contributed by atoms with van der Waals surface area (Å²) in [5.41, 5.74) is 2.89. The molecule has 1 aromatic rings. The Bertz CT molecular complexity index is 346. The second-order valence-corrected chi connectivity index (χ2v) is 5.59. The molecular formula is C13H19NS. The van der Waals surface area contributed by atoms with Crippen LogP contribution < -0.4 is 4.90 Å². The summed E-state index contributed by atoms with van der Waals surface area (Å²) in [5.74, 6) is 1.28. The van der Waals surface area contributed by atoms with Crippen LogP contribution in [0.15, 0.2) is 23.1 Å². The summed E-state index contributed by atoms with van der Waals surface area (Å²) in [6, 6.07) is 7.46. The van der Waals surface area contributed by atoms with E-state index in [0.29, 0.717) is 6.04 Å². The Balaban J connectivity index is 2.27. The molecule has 15 heavy (non-hydrogen) atoms. The highest BCUT2D eigenvalue weighted by Crippen LogP contribution is 2.32. The predicted octanol–water partition coefficient (Wildman–Crippen LogP) is 3.57. The Morgan fingerprint density at radius 2 is 2.13 bits per heavy atom. The molecule has 0 aromatic heterocycles. The van der Waals surface area contributed by atoms with E-state index >= 15 is 0 Å². The Morgan fingerprint density at radius 1 is 1.33 bits per heavy atom. The fourth-order valence-corrected chi connectivity index (χ4v) is 2.88. The molecule has 82 valence electrons. The molecule has 1 aromatic carbocycles. The molecule has 0 radical (unpaired) electrons. The molecule has 1 nitrogen and oxygen atoms in total. The molecule has 0 saturated carbocycles. The van der Waals surface area contributed by atoms with Gasteiger partial charge in [-0.25, -0.2) is 0 Å². The molecule has 0 spiro atoms. The van der Waals surface area contributed by atoms with Crippen molar-refractivity contribution in [1.82, 2.24) is 0 Å². The topological polar surface area (TPSA) is 3.24 Å². The summed E-state index contributed by atoms with van der Waals surface area (Å²) in [7, 11) is 2.17. The Morgan fingerprint density at radius 3 is 2.87 bits per heavy atom. The van der Waals surface area contributed by atoms with Crippen molar-refractivity contribution in [2.24, 2.45) is 0 Å². The summed E-state index contributed by atoms with van der Waals surface area (Å²) < 4.78 is 0. The largest absolute Gasteiger partial charge is 0.372 e. The third-order valence-electron chi connectivity index (χ3n) is 3.07. The van der Waals surface area contributed by atoms with Gasteiger partial charge in [0.25, 0.3) is 0 Å². The SMILES string of the molecule is CC(C)N(C)c1ccc2c(c1)CCCS2. The van der Waals surface area contributed by atoms with E-state index in [0.717, 1.165) is 0 Å². The molecule has 0 fully saturated rings. The van der Waals surface area contributed by atoms with Crippen LogP contribution in [0.1, 0.15) is 25.8 Å². The van der Waals surface area contributed by atoms with E-state index in [1.54, 1.807) is 0 Å². The van der Waals surface area contributed by atoms with Gasteiger partial charge in [0.2, 0.25) is 0 Å². The van der Waals surface area contributed by atoms with Crippen molar-refractivity contribution in [3.05, 3.63) is 23.8 Å². The van der Waals surface area contributed by atoms with Crippen molar-refractivity contribution in [3.63, 3.8) is 0 Å². The van der Waals surface area contributed by atoms with Crippen molar-refractivity contribution in [2.75, 3.05) is 17.7 Å². The number of fused-ring (bicyclic) bond motifs is 1. The normalized spacial score (nSPS) is 15.2. The lowest BCUT2D eigenvalue weighted by Gasteiger charge is -2.26. The smallest absolute Gasteiger partial charge is 0.0369 e. The van der Waals surface area contributed by atoms with Crippen molar-refractivity contribution in [2.45, 2.75) is 37.6 Å². The van der Waals surface area contributed by atoms with E-state index in [1.165, 1.54) is 34.7 Å². The molecule has 0 unspecified atom stereocenters. The van der Waals surface area contributed by atoms with Gasteiger partial charge in [0.1, 0.15) is 0 Å². The first-order valence-electron chi connectivity index (χ1n) is 5.67. The summed E-state index contributed by atoms with van der Waals surface area (Å²) in [6.45, 7) is 4.46. The number of aryl methyl sites for hydroxylation is 1. The predicted molar refractivity (Wildman–Crippen MR) is 69.0 cm³/mol. The molecule has 1 heterocycles. The second-order valence-electron chi connectivity index (χ2n) is 4.45. The van der Waals surface area contributed by atoms with Gasteiger partial charge in [-0.2, -0.15) is 0 Å². The molecule has 0 aliphatic carbocycles. The molecule has 1 aliphatic rings. The highest BCUT2D eigenvalue weighted by atomic mass is 32.2. The van der Waals surface area contributed by atoms with Crippen LogP contribution in [0.3, 0.4) is 0 Å². The average molecular weight is 221 g/mol. The van der Waals surface area contributed by atoms with Gasteiger partial charge in [-0.05, 0) is 56.2 Å². The minimum atomic E-state index is 0.569.